The van der Waals surface area contributed by atoms with Crippen molar-refractivity contribution >= 4 is 17.8 Å². The number of carbonyl (C=O) groups excluding carboxylic acids is 2. The summed E-state index contributed by atoms with van der Waals surface area (Å²) in [6.45, 7) is 4.01. The Morgan fingerprint density at radius 2 is 1.62 bits per heavy atom. The van der Waals surface area contributed by atoms with E-state index in [0.29, 0.717) is 38.2 Å². The number of amides is 2. The summed E-state index contributed by atoms with van der Waals surface area (Å²) < 4.78 is 0. The molecule has 1 aromatic rings. The Hall–Kier alpha value is -2.77. The average Bonchev–Trinajstić information content (AvgIpc) is 2.78. The Morgan fingerprint density at radius 3 is 2.32 bits per heavy atom. The highest BCUT2D eigenvalue weighted by atomic mass is 16.4. The molecule has 0 bridgehead atoms. The molecule has 0 saturated carbocycles. The minimum atomic E-state index is -1.15. The van der Waals surface area contributed by atoms with Crippen LogP contribution in [0.25, 0.3) is 0 Å². The first-order valence-electron chi connectivity index (χ1n) is 11.6. The zero-order chi connectivity index (χ0) is 24.8. The van der Waals surface area contributed by atoms with Gasteiger partial charge in [-0.2, -0.15) is 0 Å². The molecule has 3 atom stereocenters. The molecule has 12 nitrogen and oxygen atoms in total. The highest BCUT2D eigenvalue weighted by molar-refractivity contribution is 5.84. The van der Waals surface area contributed by atoms with Crippen molar-refractivity contribution in [1.82, 2.24) is 31.9 Å². The summed E-state index contributed by atoms with van der Waals surface area (Å²) >= 11 is 0. The van der Waals surface area contributed by atoms with E-state index in [1.54, 1.807) is 12.1 Å². The number of hydrogen-bond acceptors (Lipinski definition) is 9. The molecule has 0 radical (unpaired) electrons. The SMILES string of the molecule is NC1CNCCNCC(NC(=O)CCCC(=O)N[C@@H](Cc2ccc(O)cc2)C(=O)O)NCCN1. The fourth-order valence-electron chi connectivity index (χ4n) is 3.44. The maximum absolute atomic E-state index is 12.3. The minimum absolute atomic E-state index is 0.0383. The van der Waals surface area contributed by atoms with Gasteiger partial charge in [0.15, 0.2) is 0 Å². The molecule has 10 N–H and O–H groups in total. The molecule has 2 unspecified atom stereocenters. The van der Waals surface area contributed by atoms with Crippen molar-refractivity contribution in [2.45, 2.75) is 44.1 Å². The van der Waals surface area contributed by atoms with Gasteiger partial charge >= 0.3 is 5.97 Å². The van der Waals surface area contributed by atoms with Gasteiger partial charge in [0.25, 0.3) is 0 Å². The molecule has 190 valence electrons. The van der Waals surface area contributed by atoms with E-state index in [1.165, 1.54) is 12.1 Å². The Balaban J connectivity index is 1.71. The molecule has 1 saturated heterocycles. The summed E-state index contributed by atoms with van der Waals surface area (Å²) in [5, 5.41) is 37.1. The van der Waals surface area contributed by atoms with Gasteiger partial charge in [0.2, 0.25) is 11.8 Å². The number of carbonyl (C=O) groups is 3. The molecule has 2 rings (SSSR count). The van der Waals surface area contributed by atoms with Crippen LogP contribution in [0.2, 0.25) is 0 Å². The number of rotatable bonds is 9. The summed E-state index contributed by atoms with van der Waals surface area (Å²) in [4.78, 5) is 36.1. The Morgan fingerprint density at radius 1 is 0.971 bits per heavy atom. The second-order valence-electron chi connectivity index (χ2n) is 8.23. The van der Waals surface area contributed by atoms with Gasteiger partial charge in [0.05, 0.1) is 12.3 Å². The maximum atomic E-state index is 12.3. The van der Waals surface area contributed by atoms with Crippen molar-refractivity contribution in [3.8, 4) is 5.75 Å². The van der Waals surface area contributed by atoms with Crippen LogP contribution in [-0.2, 0) is 20.8 Å². The number of carboxylic acid groups (broad SMARTS) is 1. The second-order valence-corrected chi connectivity index (χ2v) is 8.23. The van der Waals surface area contributed by atoms with Crippen molar-refractivity contribution < 1.29 is 24.6 Å². The lowest BCUT2D eigenvalue weighted by Crippen LogP contribution is -2.55. The Bertz CT molecular complexity index is 777. The number of nitrogens with two attached hydrogens (primary N) is 1. The van der Waals surface area contributed by atoms with Gasteiger partial charge in [-0.3, -0.25) is 20.2 Å². The van der Waals surface area contributed by atoms with Crippen molar-refractivity contribution in [1.29, 1.82) is 0 Å². The fraction of sp³-hybridized carbons (Fsp3) is 0.591. The van der Waals surface area contributed by atoms with Crippen LogP contribution in [0.3, 0.4) is 0 Å². The molecule has 34 heavy (non-hydrogen) atoms. The largest absolute Gasteiger partial charge is 0.508 e. The summed E-state index contributed by atoms with van der Waals surface area (Å²) in [7, 11) is 0. The number of phenolic OH excluding ortho intramolecular Hbond substituents is 1. The van der Waals surface area contributed by atoms with E-state index in [9.17, 15) is 24.6 Å². The maximum Gasteiger partial charge on any atom is 0.326 e. The molecule has 0 spiro atoms. The minimum Gasteiger partial charge on any atom is -0.508 e. The number of phenols is 1. The van der Waals surface area contributed by atoms with E-state index in [2.05, 4.69) is 31.9 Å². The van der Waals surface area contributed by atoms with E-state index in [0.717, 1.165) is 13.1 Å². The quantitative estimate of drug-likeness (QED) is 0.187. The van der Waals surface area contributed by atoms with E-state index in [4.69, 9.17) is 5.73 Å². The van der Waals surface area contributed by atoms with Crippen molar-refractivity contribution in [3.05, 3.63) is 29.8 Å². The van der Waals surface area contributed by atoms with E-state index in [-0.39, 0.29) is 43.3 Å². The Kier molecular flexibility index (Phi) is 12.3. The molecule has 1 aromatic carbocycles. The van der Waals surface area contributed by atoms with Crippen molar-refractivity contribution in [2.75, 3.05) is 39.3 Å². The van der Waals surface area contributed by atoms with E-state index in [1.807, 2.05) is 0 Å². The van der Waals surface area contributed by atoms with Gasteiger partial charge in [0, 0.05) is 58.5 Å². The first-order valence-corrected chi connectivity index (χ1v) is 11.6. The number of nitrogens with one attached hydrogen (secondary N) is 6. The van der Waals surface area contributed by atoms with Gasteiger partial charge in [-0.05, 0) is 24.1 Å². The number of aliphatic carboxylic acids is 1. The smallest absolute Gasteiger partial charge is 0.326 e. The highest BCUT2D eigenvalue weighted by Crippen LogP contribution is 2.11. The zero-order valence-corrected chi connectivity index (χ0v) is 19.3. The number of hydrogen-bond donors (Lipinski definition) is 9. The van der Waals surface area contributed by atoms with Crippen molar-refractivity contribution in [3.63, 3.8) is 0 Å². The molecule has 1 heterocycles. The lowest BCUT2D eigenvalue weighted by Gasteiger charge is -2.23. The number of carboxylic acids is 1. The monoisotopic (exact) mass is 479 g/mol. The predicted molar refractivity (Wildman–Crippen MR) is 127 cm³/mol. The van der Waals surface area contributed by atoms with Crippen LogP contribution >= 0.6 is 0 Å². The van der Waals surface area contributed by atoms with Crippen LogP contribution < -0.4 is 37.6 Å². The lowest BCUT2D eigenvalue weighted by atomic mass is 10.1. The van der Waals surface area contributed by atoms with Gasteiger partial charge in [-0.25, -0.2) is 4.79 Å². The van der Waals surface area contributed by atoms with E-state index < -0.39 is 17.9 Å². The molecule has 12 heteroatoms. The van der Waals surface area contributed by atoms with Crippen LogP contribution in [0.4, 0.5) is 0 Å². The van der Waals surface area contributed by atoms with Crippen LogP contribution in [0, 0.1) is 0 Å². The third-order valence-corrected chi connectivity index (χ3v) is 5.27. The van der Waals surface area contributed by atoms with Gasteiger partial charge in [0.1, 0.15) is 11.8 Å². The first kappa shape index (κ1) is 27.5. The van der Waals surface area contributed by atoms with Crippen LogP contribution in [0.1, 0.15) is 24.8 Å². The molecular formula is C22H37N7O5. The topological polar surface area (TPSA) is 190 Å². The molecular weight excluding hydrogens is 442 g/mol. The fourth-order valence-corrected chi connectivity index (χ4v) is 3.44. The van der Waals surface area contributed by atoms with Gasteiger partial charge < -0.3 is 37.2 Å². The van der Waals surface area contributed by atoms with Gasteiger partial charge in [-0.1, -0.05) is 12.1 Å². The number of aromatic hydroxyl groups is 1. The standard InChI is InChI=1S/C22H37N7O5/c23-18-13-24-8-9-25-14-19(27-11-10-26-18)29-21(32)3-1-2-20(31)28-17(22(33)34)12-15-4-6-16(30)7-5-15/h4-7,17-19,24-27,30H,1-3,8-14,23H2,(H,28,31)(H,29,32)(H,33,34)/t17-,18?,19?/m0/s1. The summed E-state index contributed by atoms with van der Waals surface area (Å²) in [6.07, 6.45) is 0.173. The third kappa shape index (κ3) is 11.4. The van der Waals surface area contributed by atoms with Crippen molar-refractivity contribution in [2.24, 2.45) is 5.73 Å². The van der Waals surface area contributed by atoms with Crippen LogP contribution in [0.5, 0.6) is 5.75 Å². The molecule has 1 aliphatic rings. The molecule has 0 aliphatic carbocycles. The Labute approximate surface area is 199 Å². The first-order chi connectivity index (χ1) is 16.3. The normalized spacial score (nSPS) is 20.9. The molecule has 0 aromatic heterocycles. The molecule has 1 fully saturated rings. The average molecular weight is 480 g/mol. The molecule has 2 amide bonds. The lowest BCUT2D eigenvalue weighted by molar-refractivity contribution is -0.141. The summed E-state index contributed by atoms with van der Waals surface area (Å²) in [6, 6.07) is 5.05. The van der Waals surface area contributed by atoms with E-state index >= 15 is 0 Å². The third-order valence-electron chi connectivity index (χ3n) is 5.27. The second kappa shape index (κ2) is 15.2. The zero-order valence-electron chi connectivity index (χ0n) is 19.3. The highest BCUT2D eigenvalue weighted by Gasteiger charge is 2.20. The summed E-state index contributed by atoms with van der Waals surface area (Å²) in [5.41, 5.74) is 6.61. The van der Waals surface area contributed by atoms with Gasteiger partial charge in [-0.15, -0.1) is 0 Å². The molecule has 1 aliphatic heterocycles. The van der Waals surface area contributed by atoms with Crippen LogP contribution in [-0.4, -0.2) is 85.6 Å². The number of benzene rings is 1. The predicted octanol–water partition coefficient (Wildman–Crippen LogP) is -2.23. The summed E-state index contributed by atoms with van der Waals surface area (Å²) in [5.74, 6) is -1.69. The van der Waals surface area contributed by atoms with Crippen LogP contribution in [0.15, 0.2) is 24.3 Å².